The van der Waals surface area contributed by atoms with Crippen molar-refractivity contribution < 1.29 is 9.53 Å². The van der Waals surface area contributed by atoms with E-state index in [9.17, 15) is 9.59 Å². The molecular weight excluding hydrogens is 386 g/mol. The van der Waals surface area contributed by atoms with Gasteiger partial charge in [-0.2, -0.15) is 10.2 Å². The van der Waals surface area contributed by atoms with Gasteiger partial charge in [-0.3, -0.25) is 14.7 Å². The minimum atomic E-state index is -0.326. The normalized spacial score (nSPS) is 10.7. The lowest BCUT2D eigenvalue weighted by molar-refractivity contribution is 0.0946. The van der Waals surface area contributed by atoms with E-state index in [2.05, 4.69) is 25.7 Å². The molecule has 0 aliphatic rings. The highest BCUT2D eigenvalue weighted by atomic mass is 16.5. The molecule has 0 unspecified atom stereocenters. The Bertz CT molecular complexity index is 1210. The number of hydrogen-bond acceptors (Lipinski definition) is 6. The van der Waals surface area contributed by atoms with Gasteiger partial charge in [-0.25, -0.2) is 9.36 Å². The fraction of sp³-hybridized carbons (Fsp3) is 0.150. The van der Waals surface area contributed by atoms with E-state index in [4.69, 9.17) is 4.74 Å². The molecule has 0 saturated carbocycles. The van der Waals surface area contributed by atoms with Crippen LogP contribution in [0.3, 0.4) is 0 Å². The van der Waals surface area contributed by atoms with Crippen molar-refractivity contribution in [1.82, 2.24) is 35.1 Å². The molecular formula is C20H19N7O3. The zero-order valence-electron chi connectivity index (χ0n) is 16.1. The molecule has 30 heavy (non-hydrogen) atoms. The number of carbonyl (C=O) groups is 1. The van der Waals surface area contributed by atoms with Crippen LogP contribution in [0, 0.1) is 0 Å². The number of H-pyrrole nitrogens is 1. The first-order valence-electron chi connectivity index (χ1n) is 9.20. The quantitative estimate of drug-likeness (QED) is 0.478. The highest BCUT2D eigenvalue weighted by Crippen LogP contribution is 2.22. The molecule has 1 aromatic carbocycles. The number of benzene rings is 1. The van der Waals surface area contributed by atoms with Crippen LogP contribution in [0.2, 0.25) is 0 Å². The molecule has 10 nitrogen and oxygen atoms in total. The minimum absolute atomic E-state index is 0.219. The van der Waals surface area contributed by atoms with Crippen LogP contribution in [0.15, 0.2) is 65.7 Å². The van der Waals surface area contributed by atoms with Crippen LogP contribution >= 0.6 is 0 Å². The molecule has 0 aliphatic carbocycles. The van der Waals surface area contributed by atoms with E-state index in [1.165, 1.54) is 10.7 Å². The first-order valence-corrected chi connectivity index (χ1v) is 9.20. The van der Waals surface area contributed by atoms with Crippen molar-refractivity contribution in [3.8, 4) is 22.8 Å². The lowest BCUT2D eigenvalue weighted by Crippen LogP contribution is -2.32. The van der Waals surface area contributed by atoms with Gasteiger partial charge in [0.25, 0.3) is 11.5 Å². The number of hydrogen-bond donors (Lipinski definition) is 2. The average Bonchev–Trinajstić information content (AvgIpc) is 3.47. The summed E-state index contributed by atoms with van der Waals surface area (Å²) in [5.74, 6) is 0.895. The van der Waals surface area contributed by atoms with Crippen LogP contribution < -0.4 is 15.6 Å². The number of amides is 1. The van der Waals surface area contributed by atoms with E-state index in [0.717, 1.165) is 5.56 Å². The second-order valence-corrected chi connectivity index (χ2v) is 6.36. The van der Waals surface area contributed by atoms with Crippen molar-refractivity contribution in [3.05, 3.63) is 77.0 Å². The Morgan fingerprint density at radius 2 is 2.10 bits per heavy atom. The molecule has 0 radical (unpaired) electrons. The van der Waals surface area contributed by atoms with Crippen molar-refractivity contribution in [2.45, 2.75) is 6.54 Å². The Labute approximate surface area is 171 Å². The van der Waals surface area contributed by atoms with E-state index in [-0.39, 0.29) is 24.6 Å². The third-order valence-electron chi connectivity index (χ3n) is 4.39. The Kier molecular flexibility index (Phi) is 5.37. The highest BCUT2D eigenvalue weighted by molar-refractivity contribution is 5.93. The maximum atomic E-state index is 12.4. The lowest BCUT2D eigenvalue weighted by atomic mass is 10.1. The number of aromatic nitrogens is 6. The van der Waals surface area contributed by atoms with Gasteiger partial charge < -0.3 is 10.1 Å². The van der Waals surface area contributed by atoms with Gasteiger partial charge >= 0.3 is 0 Å². The number of nitrogens with zero attached hydrogens (tertiary/aromatic N) is 5. The maximum Gasteiger partial charge on any atom is 0.269 e. The third kappa shape index (κ3) is 4.12. The molecule has 4 aromatic rings. The van der Waals surface area contributed by atoms with Crippen LogP contribution in [-0.4, -0.2) is 49.3 Å². The number of rotatable bonds is 7. The Morgan fingerprint density at radius 3 is 2.90 bits per heavy atom. The number of carbonyl (C=O) groups excluding carboxylic acids is 1. The average molecular weight is 405 g/mol. The first-order chi connectivity index (χ1) is 14.6. The summed E-state index contributed by atoms with van der Waals surface area (Å²) in [6, 6.07) is 13.8. The summed E-state index contributed by atoms with van der Waals surface area (Å²) in [4.78, 5) is 24.4. The summed E-state index contributed by atoms with van der Waals surface area (Å²) < 4.78 is 8.05. The molecule has 4 rings (SSSR count). The Hall–Kier alpha value is -4.21. The van der Waals surface area contributed by atoms with Crippen molar-refractivity contribution >= 4 is 5.91 Å². The molecule has 0 atom stereocenters. The lowest BCUT2D eigenvalue weighted by Gasteiger charge is -2.07. The fourth-order valence-corrected chi connectivity index (χ4v) is 2.86. The summed E-state index contributed by atoms with van der Waals surface area (Å²) in [5, 5.41) is 18.0. The van der Waals surface area contributed by atoms with Gasteiger partial charge in [-0.15, -0.1) is 5.10 Å². The van der Waals surface area contributed by atoms with Gasteiger partial charge in [-0.05, 0) is 30.3 Å². The molecule has 0 aliphatic heterocycles. The van der Waals surface area contributed by atoms with Gasteiger partial charge in [0.1, 0.15) is 11.4 Å². The van der Waals surface area contributed by atoms with Gasteiger partial charge in [0.15, 0.2) is 5.82 Å². The second kappa shape index (κ2) is 8.43. The second-order valence-electron chi connectivity index (χ2n) is 6.36. The Balaban J connectivity index is 1.39. The minimum Gasteiger partial charge on any atom is -0.497 e. The third-order valence-corrected chi connectivity index (χ3v) is 4.39. The molecule has 3 heterocycles. The van der Waals surface area contributed by atoms with E-state index in [1.807, 2.05) is 24.3 Å². The van der Waals surface area contributed by atoms with Crippen molar-refractivity contribution in [2.24, 2.45) is 0 Å². The predicted octanol–water partition coefficient (Wildman–Crippen LogP) is 1.26. The molecule has 0 spiro atoms. The van der Waals surface area contributed by atoms with E-state index >= 15 is 0 Å². The van der Waals surface area contributed by atoms with Crippen LogP contribution in [0.25, 0.3) is 17.1 Å². The predicted molar refractivity (Wildman–Crippen MR) is 109 cm³/mol. The Morgan fingerprint density at radius 1 is 1.20 bits per heavy atom. The summed E-state index contributed by atoms with van der Waals surface area (Å²) in [6.07, 6.45) is 3.36. The highest BCUT2D eigenvalue weighted by Gasteiger charge is 2.12. The van der Waals surface area contributed by atoms with Gasteiger partial charge in [0.05, 0.1) is 19.3 Å². The van der Waals surface area contributed by atoms with E-state index < -0.39 is 0 Å². The van der Waals surface area contributed by atoms with Gasteiger partial charge in [0, 0.05) is 30.6 Å². The number of methoxy groups -OCH3 is 1. The number of ether oxygens (including phenoxy) is 1. The zero-order valence-corrected chi connectivity index (χ0v) is 16.1. The molecule has 0 fully saturated rings. The molecule has 2 N–H and O–H groups in total. The standard InChI is InChI=1S/C20H19N7O3/c1-30-15-5-2-4-14(12-15)16-13-17(24-23-16)20(29)21-9-11-27-19(28)7-6-18(25-27)26-10-3-8-22-26/h2-8,10,12-13H,9,11H2,1H3,(H,21,29)(H,23,24). The summed E-state index contributed by atoms with van der Waals surface area (Å²) >= 11 is 0. The molecule has 1 amide bonds. The van der Waals surface area contributed by atoms with Gasteiger partial charge in [0.2, 0.25) is 0 Å². The number of aromatic amines is 1. The van der Waals surface area contributed by atoms with E-state index in [0.29, 0.717) is 23.0 Å². The van der Waals surface area contributed by atoms with Gasteiger partial charge in [-0.1, -0.05) is 12.1 Å². The molecule has 0 saturated heterocycles. The number of nitrogens with one attached hydrogen (secondary N) is 2. The zero-order chi connectivity index (χ0) is 20.9. The van der Waals surface area contributed by atoms with Crippen LogP contribution in [-0.2, 0) is 6.54 Å². The largest absolute Gasteiger partial charge is 0.497 e. The van der Waals surface area contributed by atoms with Crippen molar-refractivity contribution in [2.75, 3.05) is 13.7 Å². The molecule has 0 bridgehead atoms. The molecule has 3 aromatic heterocycles. The SMILES string of the molecule is COc1cccc(-c2cc(C(=O)NCCn3nc(-n4cccn4)ccc3=O)[nH]n2)c1. The molecule has 152 valence electrons. The smallest absolute Gasteiger partial charge is 0.269 e. The topological polar surface area (TPSA) is 120 Å². The monoisotopic (exact) mass is 405 g/mol. The van der Waals surface area contributed by atoms with Crippen molar-refractivity contribution in [1.29, 1.82) is 0 Å². The summed E-state index contributed by atoms with van der Waals surface area (Å²) in [7, 11) is 1.59. The first kappa shape index (κ1) is 19.1. The van der Waals surface area contributed by atoms with Crippen LogP contribution in [0.1, 0.15) is 10.5 Å². The fourth-order valence-electron chi connectivity index (χ4n) is 2.86. The summed E-state index contributed by atoms with van der Waals surface area (Å²) in [5.41, 5.74) is 1.51. The molecule has 10 heteroatoms. The summed E-state index contributed by atoms with van der Waals surface area (Å²) in [6.45, 7) is 0.443. The maximum absolute atomic E-state index is 12.4. The van der Waals surface area contributed by atoms with Crippen LogP contribution in [0.4, 0.5) is 0 Å². The van der Waals surface area contributed by atoms with Crippen molar-refractivity contribution in [3.63, 3.8) is 0 Å². The van der Waals surface area contributed by atoms with Crippen LogP contribution in [0.5, 0.6) is 5.75 Å². The van der Waals surface area contributed by atoms with E-state index in [1.54, 1.807) is 42.4 Å².